The SMILES string of the molecule is Cc1cc(C)c2c(c1)N(C(=O)[C@@H](C)NC(=O)OC(C)(C)C)CCC2. The molecule has 1 N–H and O–H groups in total. The summed E-state index contributed by atoms with van der Waals surface area (Å²) < 4.78 is 5.23. The van der Waals surface area contributed by atoms with Crippen LogP contribution in [0.4, 0.5) is 10.5 Å². The molecule has 132 valence electrons. The monoisotopic (exact) mass is 332 g/mol. The summed E-state index contributed by atoms with van der Waals surface area (Å²) in [6, 6.07) is 3.57. The summed E-state index contributed by atoms with van der Waals surface area (Å²) in [5.41, 5.74) is 3.97. The van der Waals surface area contributed by atoms with Gasteiger partial charge in [-0.1, -0.05) is 6.07 Å². The number of aryl methyl sites for hydroxylation is 2. The second-order valence-corrected chi connectivity index (χ2v) is 7.54. The normalized spacial score (nSPS) is 15.5. The minimum Gasteiger partial charge on any atom is -0.444 e. The molecule has 0 saturated carbocycles. The fourth-order valence-electron chi connectivity index (χ4n) is 3.08. The highest BCUT2D eigenvalue weighted by Gasteiger charge is 2.29. The molecule has 1 heterocycles. The Balaban J connectivity index is 2.15. The molecule has 24 heavy (non-hydrogen) atoms. The fourth-order valence-corrected chi connectivity index (χ4v) is 3.08. The molecule has 2 amide bonds. The van der Waals surface area contributed by atoms with Crippen LogP contribution in [0.3, 0.4) is 0 Å². The zero-order valence-corrected chi connectivity index (χ0v) is 15.5. The highest BCUT2D eigenvalue weighted by atomic mass is 16.6. The van der Waals surface area contributed by atoms with Gasteiger partial charge < -0.3 is 15.0 Å². The number of hydrogen-bond acceptors (Lipinski definition) is 3. The van der Waals surface area contributed by atoms with Crippen LogP contribution in [0, 0.1) is 13.8 Å². The molecule has 0 unspecified atom stereocenters. The van der Waals surface area contributed by atoms with Gasteiger partial charge >= 0.3 is 6.09 Å². The molecule has 1 aromatic rings. The second kappa shape index (κ2) is 6.83. The predicted molar refractivity (Wildman–Crippen MR) is 95.4 cm³/mol. The molecule has 0 aromatic heterocycles. The molecule has 1 aliphatic heterocycles. The van der Waals surface area contributed by atoms with Gasteiger partial charge in [0.15, 0.2) is 0 Å². The Morgan fingerprint density at radius 3 is 2.54 bits per heavy atom. The van der Waals surface area contributed by atoms with Crippen molar-refractivity contribution in [2.45, 2.75) is 66.0 Å². The van der Waals surface area contributed by atoms with E-state index in [0.29, 0.717) is 6.54 Å². The van der Waals surface area contributed by atoms with Crippen LogP contribution in [0.15, 0.2) is 12.1 Å². The van der Waals surface area contributed by atoms with E-state index in [1.54, 1.807) is 32.6 Å². The largest absolute Gasteiger partial charge is 0.444 e. The van der Waals surface area contributed by atoms with E-state index in [1.807, 2.05) is 6.92 Å². The zero-order valence-electron chi connectivity index (χ0n) is 15.5. The molecule has 2 rings (SSSR count). The first-order valence-corrected chi connectivity index (χ1v) is 8.49. The van der Waals surface area contributed by atoms with Crippen LogP contribution in [-0.4, -0.2) is 30.2 Å². The molecule has 0 bridgehead atoms. The van der Waals surface area contributed by atoms with Crippen LogP contribution >= 0.6 is 0 Å². The van der Waals surface area contributed by atoms with Crippen molar-refractivity contribution in [3.8, 4) is 0 Å². The van der Waals surface area contributed by atoms with Gasteiger partial charge in [-0.25, -0.2) is 4.79 Å². The van der Waals surface area contributed by atoms with Crippen molar-refractivity contribution in [2.24, 2.45) is 0 Å². The maximum atomic E-state index is 12.8. The summed E-state index contributed by atoms with van der Waals surface area (Å²) in [7, 11) is 0. The van der Waals surface area contributed by atoms with Crippen molar-refractivity contribution in [3.63, 3.8) is 0 Å². The van der Waals surface area contributed by atoms with E-state index in [2.05, 4.69) is 24.4 Å². The lowest BCUT2D eigenvalue weighted by Gasteiger charge is -2.33. The number of carbonyl (C=O) groups excluding carboxylic acids is 2. The van der Waals surface area contributed by atoms with Crippen molar-refractivity contribution < 1.29 is 14.3 Å². The number of hydrogen-bond donors (Lipinski definition) is 1. The molecule has 0 saturated heterocycles. The lowest BCUT2D eigenvalue weighted by atomic mass is 9.94. The minimum atomic E-state index is -0.633. The minimum absolute atomic E-state index is 0.105. The number of nitrogens with zero attached hydrogens (tertiary/aromatic N) is 1. The van der Waals surface area contributed by atoms with Gasteiger partial charge in [-0.05, 0) is 77.1 Å². The van der Waals surface area contributed by atoms with Crippen LogP contribution in [0.2, 0.25) is 0 Å². The van der Waals surface area contributed by atoms with Gasteiger partial charge in [-0.15, -0.1) is 0 Å². The van der Waals surface area contributed by atoms with E-state index < -0.39 is 17.7 Å². The average Bonchev–Trinajstić information content (AvgIpc) is 2.43. The van der Waals surface area contributed by atoms with E-state index in [0.717, 1.165) is 24.1 Å². The van der Waals surface area contributed by atoms with Crippen molar-refractivity contribution in [1.29, 1.82) is 0 Å². The van der Waals surface area contributed by atoms with Crippen molar-refractivity contribution in [1.82, 2.24) is 5.32 Å². The lowest BCUT2D eigenvalue weighted by Crippen LogP contribution is -2.49. The summed E-state index contributed by atoms with van der Waals surface area (Å²) in [4.78, 5) is 26.5. The standard InChI is InChI=1S/C19H28N2O3/c1-12-10-13(2)15-8-7-9-21(16(15)11-12)17(22)14(3)20-18(23)24-19(4,5)6/h10-11,14H,7-9H2,1-6H3,(H,20,23)/t14-/m1/s1. The van der Waals surface area contributed by atoms with E-state index >= 15 is 0 Å². The Hall–Kier alpha value is -2.04. The van der Waals surface area contributed by atoms with Gasteiger partial charge in [0.25, 0.3) is 0 Å². The zero-order chi connectivity index (χ0) is 18.1. The Kier molecular flexibility index (Phi) is 5.21. The Labute approximate surface area is 144 Å². The van der Waals surface area contributed by atoms with E-state index in [4.69, 9.17) is 4.74 Å². The Morgan fingerprint density at radius 1 is 1.25 bits per heavy atom. The topological polar surface area (TPSA) is 58.6 Å². The maximum absolute atomic E-state index is 12.8. The van der Waals surface area contributed by atoms with Gasteiger partial charge in [0.05, 0.1) is 0 Å². The van der Waals surface area contributed by atoms with Crippen LogP contribution < -0.4 is 10.2 Å². The van der Waals surface area contributed by atoms with Crippen LogP contribution in [0.1, 0.15) is 50.8 Å². The third-order valence-electron chi connectivity index (χ3n) is 4.06. The molecular weight excluding hydrogens is 304 g/mol. The third kappa shape index (κ3) is 4.28. The summed E-state index contributed by atoms with van der Waals surface area (Å²) in [5, 5.41) is 2.64. The number of rotatable bonds is 2. The number of ether oxygens (including phenoxy) is 1. The molecular formula is C19H28N2O3. The van der Waals surface area contributed by atoms with Gasteiger partial charge in [-0.3, -0.25) is 4.79 Å². The van der Waals surface area contributed by atoms with E-state index in [-0.39, 0.29) is 5.91 Å². The Morgan fingerprint density at radius 2 is 1.92 bits per heavy atom. The van der Waals surface area contributed by atoms with Crippen molar-refractivity contribution >= 4 is 17.7 Å². The molecule has 1 aromatic carbocycles. The number of fused-ring (bicyclic) bond motifs is 1. The second-order valence-electron chi connectivity index (χ2n) is 7.54. The van der Waals surface area contributed by atoms with Gasteiger partial charge in [0, 0.05) is 12.2 Å². The van der Waals surface area contributed by atoms with Crippen LogP contribution in [0.25, 0.3) is 0 Å². The van der Waals surface area contributed by atoms with Gasteiger partial charge in [0.1, 0.15) is 11.6 Å². The number of benzene rings is 1. The fraction of sp³-hybridized carbons (Fsp3) is 0.579. The first kappa shape index (κ1) is 18.3. The summed E-state index contributed by atoms with van der Waals surface area (Å²) in [6.45, 7) is 11.9. The molecule has 0 radical (unpaired) electrons. The molecule has 5 nitrogen and oxygen atoms in total. The molecule has 0 aliphatic carbocycles. The first-order chi connectivity index (χ1) is 11.1. The maximum Gasteiger partial charge on any atom is 0.408 e. The first-order valence-electron chi connectivity index (χ1n) is 8.49. The molecule has 0 fully saturated rings. The van der Waals surface area contributed by atoms with Crippen LogP contribution in [-0.2, 0) is 16.0 Å². The van der Waals surface area contributed by atoms with Gasteiger partial charge in [0.2, 0.25) is 5.91 Å². The predicted octanol–water partition coefficient (Wildman–Crippen LogP) is 3.50. The number of nitrogens with one attached hydrogen (secondary N) is 1. The molecule has 5 heteroatoms. The van der Waals surface area contributed by atoms with E-state index in [9.17, 15) is 9.59 Å². The number of carbonyl (C=O) groups is 2. The average molecular weight is 332 g/mol. The van der Waals surface area contributed by atoms with E-state index in [1.165, 1.54) is 11.1 Å². The smallest absolute Gasteiger partial charge is 0.408 e. The number of amides is 2. The summed E-state index contributed by atoms with van der Waals surface area (Å²) in [5.74, 6) is -0.105. The van der Waals surface area contributed by atoms with Crippen molar-refractivity contribution in [2.75, 3.05) is 11.4 Å². The number of alkyl carbamates (subject to hydrolysis) is 1. The number of anilines is 1. The molecule has 1 aliphatic rings. The quantitative estimate of drug-likeness (QED) is 0.902. The highest BCUT2D eigenvalue weighted by molar-refractivity contribution is 5.99. The highest BCUT2D eigenvalue weighted by Crippen LogP contribution is 2.31. The molecule has 1 atom stereocenters. The lowest BCUT2D eigenvalue weighted by molar-refractivity contribution is -0.120. The van der Waals surface area contributed by atoms with Crippen molar-refractivity contribution in [3.05, 3.63) is 28.8 Å². The molecule has 0 spiro atoms. The summed E-state index contributed by atoms with van der Waals surface area (Å²) >= 11 is 0. The third-order valence-corrected chi connectivity index (χ3v) is 4.06. The Bertz CT molecular complexity index is 647. The van der Waals surface area contributed by atoms with Gasteiger partial charge in [-0.2, -0.15) is 0 Å². The summed E-state index contributed by atoms with van der Waals surface area (Å²) in [6.07, 6.45) is 1.35. The van der Waals surface area contributed by atoms with Crippen LogP contribution in [0.5, 0.6) is 0 Å².